The van der Waals surface area contributed by atoms with Gasteiger partial charge in [-0.25, -0.2) is 24.5 Å². The number of methoxy groups -OCH3 is 2. The fourth-order valence-corrected chi connectivity index (χ4v) is 6.73. The van der Waals surface area contributed by atoms with Crippen LogP contribution in [0.2, 0.25) is 35.7 Å². The highest BCUT2D eigenvalue weighted by molar-refractivity contribution is 6.76. The Morgan fingerprint density at radius 1 is 1.00 bits per heavy atom. The summed E-state index contributed by atoms with van der Waals surface area (Å²) in [6.45, 7) is 13.8. The molecule has 1 aromatic heterocycles. The van der Waals surface area contributed by atoms with E-state index in [9.17, 15) is 19.7 Å². The Kier molecular flexibility index (Phi) is 14.0. The molecule has 2 heterocycles. The van der Waals surface area contributed by atoms with Gasteiger partial charge in [-0.05, 0) is 38.9 Å². The molecule has 0 bridgehead atoms. The number of halogens is 2. The Morgan fingerprint density at radius 3 is 2.17 bits per heavy atom. The lowest BCUT2D eigenvalue weighted by Gasteiger charge is -2.31. The minimum Gasteiger partial charge on any atom is -0.495 e. The van der Waals surface area contributed by atoms with Gasteiger partial charge in [0.15, 0.2) is 0 Å². The molecule has 3 amide bonds. The summed E-state index contributed by atoms with van der Waals surface area (Å²) in [6, 6.07) is 7.51. The standard InChI is InChI=1S/C35H47Cl2N7O9Si/c1-35(2,3)53-34(46)43(24-11-10-23(18-25(24)44(47)48)41-12-14-51-15-13-41)29-20-28(38-21-39-29)40(4)33(45)42(22-52-16-17-54(7,8)9)32-30(36)26(49-5)19-27(50-6)31(32)37/h10-11,18-21H,12-17,22H2,1-9H3. The predicted molar refractivity (Wildman–Crippen MR) is 211 cm³/mol. The zero-order valence-corrected chi connectivity index (χ0v) is 34.5. The maximum absolute atomic E-state index is 14.5. The number of hydrogen-bond donors (Lipinski definition) is 0. The molecule has 1 aliphatic rings. The second-order valence-electron chi connectivity index (χ2n) is 14.5. The van der Waals surface area contributed by atoms with Crippen molar-refractivity contribution in [2.24, 2.45) is 0 Å². The number of benzene rings is 2. The van der Waals surface area contributed by atoms with Crippen molar-refractivity contribution in [1.29, 1.82) is 0 Å². The number of amides is 3. The van der Waals surface area contributed by atoms with Crippen LogP contribution in [0.4, 0.5) is 44.0 Å². The third-order valence-electron chi connectivity index (χ3n) is 8.11. The number of nitro groups is 1. The lowest BCUT2D eigenvalue weighted by molar-refractivity contribution is -0.384. The fraction of sp³-hybridized carbons (Fsp3) is 0.486. The van der Waals surface area contributed by atoms with Gasteiger partial charge >= 0.3 is 12.1 Å². The van der Waals surface area contributed by atoms with Crippen LogP contribution in [-0.2, 0) is 14.2 Å². The van der Waals surface area contributed by atoms with E-state index in [1.165, 1.54) is 55.3 Å². The van der Waals surface area contributed by atoms with Crippen molar-refractivity contribution in [3.8, 4) is 11.5 Å². The minimum atomic E-state index is -1.49. The van der Waals surface area contributed by atoms with Crippen LogP contribution in [-0.4, -0.2) is 102 Å². The van der Waals surface area contributed by atoms with E-state index in [1.807, 2.05) is 4.90 Å². The molecule has 0 N–H and O–H groups in total. The number of ether oxygens (including phenoxy) is 5. The molecule has 1 fully saturated rings. The summed E-state index contributed by atoms with van der Waals surface area (Å²) in [4.78, 5) is 54.2. The van der Waals surface area contributed by atoms with Gasteiger partial charge in [-0.1, -0.05) is 42.8 Å². The molecule has 4 rings (SSSR count). The number of rotatable bonds is 13. The summed E-state index contributed by atoms with van der Waals surface area (Å²) in [5, 5.41) is 12.6. The third kappa shape index (κ3) is 10.4. The molecular formula is C35H47Cl2N7O9Si. The Balaban J connectivity index is 1.80. The molecule has 0 atom stereocenters. The van der Waals surface area contributed by atoms with Crippen LogP contribution in [0.5, 0.6) is 11.5 Å². The Bertz CT molecular complexity index is 1810. The van der Waals surface area contributed by atoms with Crippen LogP contribution in [0, 0.1) is 10.1 Å². The minimum absolute atomic E-state index is 0.0142. The molecule has 1 aliphatic heterocycles. The first kappa shape index (κ1) is 42.3. The topological polar surface area (TPSA) is 162 Å². The predicted octanol–water partition coefficient (Wildman–Crippen LogP) is 7.99. The van der Waals surface area contributed by atoms with Crippen LogP contribution < -0.4 is 29.1 Å². The number of carbonyl (C=O) groups excluding carboxylic acids is 2. The van der Waals surface area contributed by atoms with E-state index in [2.05, 4.69) is 29.6 Å². The summed E-state index contributed by atoms with van der Waals surface area (Å²) in [7, 11) is 2.78. The van der Waals surface area contributed by atoms with E-state index in [1.54, 1.807) is 26.8 Å². The number of aromatic nitrogens is 2. The second-order valence-corrected chi connectivity index (χ2v) is 20.8. The first-order chi connectivity index (χ1) is 25.4. The molecule has 294 valence electrons. The smallest absolute Gasteiger partial charge is 0.420 e. The SMILES string of the molecule is COc1cc(OC)c(Cl)c(N(COCC[Si](C)(C)C)C(=O)N(C)c2cc(N(C(=O)OC(C)(C)C)c3ccc(N4CCOCC4)cc3[N+](=O)[O-])ncn2)c1Cl. The van der Waals surface area contributed by atoms with E-state index < -0.39 is 30.7 Å². The van der Waals surface area contributed by atoms with Gasteiger partial charge in [-0.15, -0.1) is 0 Å². The third-order valence-corrected chi connectivity index (χ3v) is 10.5. The average Bonchev–Trinajstić information content (AvgIpc) is 3.11. The van der Waals surface area contributed by atoms with Crippen molar-refractivity contribution in [3.05, 3.63) is 56.8 Å². The van der Waals surface area contributed by atoms with Crippen LogP contribution in [0.1, 0.15) is 20.8 Å². The maximum atomic E-state index is 14.5. The molecule has 1 saturated heterocycles. The summed E-state index contributed by atoms with van der Waals surface area (Å²) in [6.07, 6.45) is 0.186. The molecule has 0 spiro atoms. The molecule has 16 nitrogen and oxygen atoms in total. The van der Waals surface area contributed by atoms with Crippen LogP contribution in [0.25, 0.3) is 0 Å². The number of urea groups is 1. The largest absolute Gasteiger partial charge is 0.495 e. The van der Waals surface area contributed by atoms with Crippen molar-refractivity contribution >= 4 is 77.8 Å². The first-order valence-corrected chi connectivity index (χ1v) is 21.5. The Morgan fingerprint density at radius 2 is 1.61 bits per heavy atom. The normalized spacial score (nSPS) is 13.3. The Labute approximate surface area is 325 Å². The van der Waals surface area contributed by atoms with Gasteiger partial charge in [-0.2, -0.15) is 0 Å². The number of carbonyl (C=O) groups is 2. The van der Waals surface area contributed by atoms with E-state index in [4.69, 9.17) is 46.9 Å². The highest BCUT2D eigenvalue weighted by Crippen LogP contribution is 2.46. The first-order valence-electron chi connectivity index (χ1n) is 17.1. The Hall–Kier alpha value is -4.42. The van der Waals surface area contributed by atoms with E-state index in [-0.39, 0.29) is 57.0 Å². The molecule has 0 aliphatic carbocycles. The van der Waals surface area contributed by atoms with E-state index in [0.717, 1.165) is 17.3 Å². The van der Waals surface area contributed by atoms with Gasteiger partial charge in [0, 0.05) is 58.7 Å². The summed E-state index contributed by atoms with van der Waals surface area (Å²) >= 11 is 13.5. The lowest BCUT2D eigenvalue weighted by Crippen LogP contribution is -2.44. The van der Waals surface area contributed by atoms with E-state index in [0.29, 0.717) is 38.6 Å². The van der Waals surface area contributed by atoms with Gasteiger partial charge < -0.3 is 28.6 Å². The van der Waals surface area contributed by atoms with Crippen molar-refractivity contribution in [3.63, 3.8) is 0 Å². The molecule has 0 saturated carbocycles. The molecule has 2 aromatic carbocycles. The molecular weight excluding hydrogens is 761 g/mol. The number of hydrogen-bond acceptors (Lipinski definition) is 12. The quantitative estimate of drug-likeness (QED) is 0.0539. The lowest BCUT2D eigenvalue weighted by atomic mass is 10.2. The fourth-order valence-electron chi connectivity index (χ4n) is 5.27. The summed E-state index contributed by atoms with van der Waals surface area (Å²) < 4.78 is 28.1. The van der Waals surface area contributed by atoms with Crippen molar-refractivity contribution in [2.45, 2.75) is 52.1 Å². The molecule has 0 radical (unpaired) electrons. The van der Waals surface area contributed by atoms with Gasteiger partial charge in [0.25, 0.3) is 5.69 Å². The van der Waals surface area contributed by atoms with Gasteiger partial charge in [-0.3, -0.25) is 19.9 Å². The highest BCUT2D eigenvalue weighted by atomic mass is 35.5. The van der Waals surface area contributed by atoms with Crippen molar-refractivity contribution < 1.29 is 38.2 Å². The number of anilines is 5. The number of nitro benzene ring substituents is 1. The monoisotopic (exact) mass is 807 g/mol. The maximum Gasteiger partial charge on any atom is 0.420 e. The number of morpholine rings is 1. The van der Waals surface area contributed by atoms with Crippen LogP contribution >= 0.6 is 23.2 Å². The average molecular weight is 809 g/mol. The summed E-state index contributed by atoms with van der Waals surface area (Å²) in [5.41, 5.74) is -0.797. The van der Waals surface area contributed by atoms with Crippen LogP contribution in [0.15, 0.2) is 36.7 Å². The van der Waals surface area contributed by atoms with Gasteiger partial charge in [0.05, 0.1) is 38.0 Å². The van der Waals surface area contributed by atoms with Gasteiger partial charge in [0.1, 0.15) is 57.5 Å². The second kappa shape index (κ2) is 17.8. The molecule has 0 unspecified atom stereocenters. The molecule has 19 heteroatoms. The van der Waals surface area contributed by atoms with Crippen molar-refractivity contribution in [1.82, 2.24) is 9.97 Å². The van der Waals surface area contributed by atoms with Crippen LogP contribution in [0.3, 0.4) is 0 Å². The highest BCUT2D eigenvalue weighted by Gasteiger charge is 2.34. The summed E-state index contributed by atoms with van der Waals surface area (Å²) in [5.74, 6) is 0.316. The molecule has 3 aromatic rings. The van der Waals surface area contributed by atoms with Gasteiger partial charge in [0.2, 0.25) is 0 Å². The van der Waals surface area contributed by atoms with E-state index >= 15 is 0 Å². The number of nitrogens with zero attached hydrogens (tertiary/aromatic N) is 7. The molecule has 54 heavy (non-hydrogen) atoms. The zero-order chi connectivity index (χ0) is 40.0. The van der Waals surface area contributed by atoms with Crippen molar-refractivity contribution in [2.75, 3.05) is 80.5 Å². The zero-order valence-electron chi connectivity index (χ0n) is 32.0.